The molecule has 1 aliphatic rings. The Bertz CT molecular complexity index is 1080. The number of hydrogen-bond donors (Lipinski definition) is 1. The predicted octanol–water partition coefficient (Wildman–Crippen LogP) is 5.52. The van der Waals surface area contributed by atoms with E-state index < -0.39 is 30.0 Å². The third-order valence-corrected chi connectivity index (χ3v) is 5.67. The van der Waals surface area contributed by atoms with Crippen LogP contribution in [0.2, 0.25) is 0 Å². The summed E-state index contributed by atoms with van der Waals surface area (Å²) in [6.07, 6.45) is -1.02. The number of fused-ring (bicyclic) bond motifs is 1. The Kier molecular flexibility index (Phi) is 5.93. The maximum absolute atomic E-state index is 14.6. The Balaban J connectivity index is 1.68. The van der Waals surface area contributed by atoms with E-state index in [0.29, 0.717) is 48.3 Å². The fraction of sp³-hybridized carbons (Fsp3) is 0.409. The lowest BCUT2D eigenvalue weighted by Crippen LogP contribution is -2.34. The summed E-state index contributed by atoms with van der Waals surface area (Å²) in [6, 6.07) is 5.22. The monoisotopic (exact) mass is 433 g/mol. The minimum Gasteiger partial charge on any atom is -0.370 e. The molecule has 5 nitrogen and oxygen atoms in total. The van der Waals surface area contributed by atoms with Gasteiger partial charge in [-0.2, -0.15) is 5.10 Å². The van der Waals surface area contributed by atoms with Gasteiger partial charge in [0, 0.05) is 24.0 Å². The van der Waals surface area contributed by atoms with E-state index in [1.165, 1.54) is 12.1 Å². The lowest BCUT2D eigenvalue weighted by atomic mass is 10.0. The molecule has 1 fully saturated rings. The van der Waals surface area contributed by atoms with Crippen LogP contribution in [0, 0.1) is 12.7 Å². The zero-order valence-corrected chi connectivity index (χ0v) is 17.2. The second-order valence-corrected chi connectivity index (χ2v) is 7.80. The first kappa shape index (κ1) is 21.3. The maximum atomic E-state index is 14.6. The Morgan fingerprint density at radius 2 is 1.84 bits per heavy atom. The molecule has 1 atom stereocenters. The molecule has 164 valence electrons. The number of pyridine rings is 1. The smallest absolute Gasteiger partial charge is 0.266 e. The summed E-state index contributed by atoms with van der Waals surface area (Å²) in [5.41, 5.74) is 1.59. The second kappa shape index (κ2) is 8.64. The molecule has 2 aromatic heterocycles. The number of nitrogens with zero attached hydrogens (tertiary/aromatic N) is 4. The first-order valence-corrected chi connectivity index (χ1v) is 10.2. The van der Waals surface area contributed by atoms with Crippen LogP contribution in [-0.2, 0) is 0 Å². The minimum absolute atomic E-state index is 0.113. The van der Waals surface area contributed by atoms with Crippen LogP contribution in [-0.4, -0.2) is 34.4 Å². The first-order chi connectivity index (χ1) is 14.8. The maximum Gasteiger partial charge on any atom is 0.266 e. The van der Waals surface area contributed by atoms with E-state index in [9.17, 15) is 17.6 Å². The summed E-state index contributed by atoms with van der Waals surface area (Å²) >= 11 is 0. The van der Waals surface area contributed by atoms with Gasteiger partial charge in [0.15, 0.2) is 5.82 Å². The molecule has 31 heavy (non-hydrogen) atoms. The molecule has 0 bridgehead atoms. The van der Waals surface area contributed by atoms with Crippen LogP contribution >= 0.6 is 0 Å². The largest absolute Gasteiger partial charge is 0.370 e. The number of benzene rings is 1. The van der Waals surface area contributed by atoms with Crippen LogP contribution in [0.5, 0.6) is 0 Å². The van der Waals surface area contributed by atoms with Crippen molar-refractivity contribution in [1.29, 1.82) is 0 Å². The molecule has 0 radical (unpaired) electrons. The number of aromatic nitrogens is 3. The van der Waals surface area contributed by atoms with Gasteiger partial charge in [-0.05, 0) is 32.8 Å². The third-order valence-electron chi connectivity index (χ3n) is 5.67. The second-order valence-electron chi connectivity index (χ2n) is 7.80. The Morgan fingerprint density at radius 1 is 1.13 bits per heavy atom. The topological polar surface area (TPSA) is 53.9 Å². The van der Waals surface area contributed by atoms with E-state index in [2.05, 4.69) is 25.4 Å². The highest BCUT2D eigenvalue weighted by Gasteiger charge is 2.22. The van der Waals surface area contributed by atoms with E-state index in [1.807, 2.05) is 6.07 Å². The van der Waals surface area contributed by atoms with Crippen molar-refractivity contribution >= 4 is 22.4 Å². The fourth-order valence-corrected chi connectivity index (χ4v) is 3.89. The number of aryl methyl sites for hydroxylation is 1. The molecule has 9 heteroatoms. The Morgan fingerprint density at radius 3 is 2.55 bits per heavy atom. The highest BCUT2D eigenvalue weighted by Crippen LogP contribution is 2.32. The molecule has 0 amide bonds. The van der Waals surface area contributed by atoms with E-state index in [1.54, 1.807) is 20.0 Å². The van der Waals surface area contributed by atoms with Crippen LogP contribution in [0.25, 0.3) is 10.9 Å². The van der Waals surface area contributed by atoms with Crippen molar-refractivity contribution in [1.82, 2.24) is 15.2 Å². The lowest BCUT2D eigenvalue weighted by molar-refractivity contribution is 0.146. The van der Waals surface area contributed by atoms with E-state index in [0.717, 1.165) is 11.8 Å². The number of rotatable bonds is 5. The van der Waals surface area contributed by atoms with E-state index in [4.69, 9.17) is 0 Å². The van der Waals surface area contributed by atoms with Crippen LogP contribution in [0.4, 0.5) is 29.1 Å². The summed E-state index contributed by atoms with van der Waals surface area (Å²) in [7, 11) is 0. The van der Waals surface area contributed by atoms with Gasteiger partial charge in [-0.25, -0.2) is 17.6 Å². The Hall–Kier alpha value is -2.97. The molecule has 1 aliphatic heterocycles. The van der Waals surface area contributed by atoms with Crippen LogP contribution in [0.15, 0.2) is 30.5 Å². The van der Waals surface area contributed by atoms with Crippen molar-refractivity contribution in [2.45, 2.75) is 45.3 Å². The summed E-state index contributed by atoms with van der Waals surface area (Å²) in [5.74, 6) is -0.556. The quantitative estimate of drug-likeness (QED) is 0.537. The van der Waals surface area contributed by atoms with Gasteiger partial charge in [0.1, 0.15) is 12.0 Å². The summed E-state index contributed by atoms with van der Waals surface area (Å²) in [6.45, 7) is 4.65. The molecular formula is C22H23F4N5. The average molecular weight is 433 g/mol. The molecule has 0 spiro atoms. The Labute approximate surface area is 177 Å². The van der Waals surface area contributed by atoms with Gasteiger partial charge in [0.2, 0.25) is 0 Å². The van der Waals surface area contributed by atoms with Gasteiger partial charge in [0.25, 0.3) is 6.43 Å². The highest BCUT2D eigenvalue weighted by molar-refractivity contribution is 5.92. The van der Waals surface area contributed by atoms with E-state index >= 15 is 0 Å². The van der Waals surface area contributed by atoms with Crippen molar-refractivity contribution in [2.75, 3.05) is 23.3 Å². The molecule has 1 saturated heterocycles. The van der Waals surface area contributed by atoms with Crippen LogP contribution < -0.4 is 10.2 Å². The molecule has 3 heterocycles. The van der Waals surface area contributed by atoms with Gasteiger partial charge in [0.05, 0.1) is 34.7 Å². The van der Waals surface area contributed by atoms with Crippen molar-refractivity contribution in [3.63, 3.8) is 0 Å². The predicted molar refractivity (Wildman–Crippen MR) is 112 cm³/mol. The van der Waals surface area contributed by atoms with Crippen molar-refractivity contribution in [2.24, 2.45) is 0 Å². The van der Waals surface area contributed by atoms with Crippen molar-refractivity contribution in [3.8, 4) is 0 Å². The molecule has 1 aromatic carbocycles. The standard InChI is InChI=1S/C22H23F4N5/c1-12(16-4-3-5-17(19(16)24)21(25)26)28-22-18-10-15(31-8-6-14(23)7-9-31)11-27-20(18)13(2)29-30-22/h3-5,10-12,14,21H,6-9H2,1-2H3,(H,28,30)/t12-/m1/s1. The van der Waals surface area contributed by atoms with Gasteiger partial charge in [-0.1, -0.05) is 18.2 Å². The number of anilines is 2. The van der Waals surface area contributed by atoms with E-state index in [-0.39, 0.29) is 5.56 Å². The average Bonchev–Trinajstić information content (AvgIpc) is 2.76. The molecule has 4 rings (SSSR count). The van der Waals surface area contributed by atoms with Crippen molar-refractivity contribution in [3.05, 3.63) is 53.1 Å². The highest BCUT2D eigenvalue weighted by atomic mass is 19.3. The first-order valence-electron chi connectivity index (χ1n) is 10.2. The summed E-state index contributed by atoms with van der Waals surface area (Å²) < 4.78 is 54.3. The molecule has 0 unspecified atom stereocenters. The van der Waals surface area contributed by atoms with Gasteiger partial charge >= 0.3 is 0 Å². The van der Waals surface area contributed by atoms with Gasteiger partial charge in [-0.3, -0.25) is 4.98 Å². The molecule has 1 N–H and O–H groups in total. The molecule has 0 saturated carbocycles. The number of hydrogen-bond acceptors (Lipinski definition) is 5. The molecule has 0 aliphatic carbocycles. The SMILES string of the molecule is Cc1nnc(N[C@H](C)c2cccc(C(F)F)c2F)c2cc(N3CCC(F)CC3)cnc12. The van der Waals surface area contributed by atoms with Gasteiger partial charge in [-0.15, -0.1) is 5.10 Å². The summed E-state index contributed by atoms with van der Waals surface area (Å²) in [4.78, 5) is 6.59. The van der Waals surface area contributed by atoms with Crippen LogP contribution in [0.1, 0.15) is 49.1 Å². The lowest BCUT2D eigenvalue weighted by Gasteiger charge is -2.30. The minimum atomic E-state index is -2.90. The normalized spacial score (nSPS) is 16.2. The van der Waals surface area contributed by atoms with Crippen molar-refractivity contribution < 1.29 is 17.6 Å². The summed E-state index contributed by atoms with van der Waals surface area (Å²) in [5, 5.41) is 12.1. The zero-order chi connectivity index (χ0) is 22.1. The number of nitrogens with one attached hydrogen (secondary N) is 1. The zero-order valence-electron chi connectivity index (χ0n) is 17.2. The number of piperidine rings is 1. The number of halogens is 4. The molecule has 3 aromatic rings. The number of alkyl halides is 3. The van der Waals surface area contributed by atoms with Crippen LogP contribution in [0.3, 0.4) is 0 Å². The van der Waals surface area contributed by atoms with Gasteiger partial charge < -0.3 is 10.2 Å². The third kappa shape index (κ3) is 4.26. The fourth-order valence-electron chi connectivity index (χ4n) is 3.89. The molecular weight excluding hydrogens is 410 g/mol.